The molecule has 0 fully saturated rings. The Balaban J connectivity index is 1.66. The molecular formula is C15H14ClN5S. The number of nitrogens with zero attached hydrogens (tertiary/aromatic N) is 3. The van der Waals surface area contributed by atoms with Crippen molar-refractivity contribution in [3.63, 3.8) is 0 Å². The van der Waals surface area contributed by atoms with Crippen LogP contribution in [0.25, 0.3) is 5.65 Å². The lowest BCUT2D eigenvalue weighted by atomic mass is 10.2. The third-order valence-corrected chi connectivity index (χ3v) is 3.96. The summed E-state index contributed by atoms with van der Waals surface area (Å²) in [5, 5.41) is 15.7. The molecule has 0 aliphatic rings. The first-order chi connectivity index (χ1) is 10.6. The van der Waals surface area contributed by atoms with E-state index in [2.05, 4.69) is 20.8 Å². The lowest BCUT2D eigenvalue weighted by Crippen LogP contribution is -2.29. The molecule has 0 atom stereocenters. The van der Waals surface area contributed by atoms with E-state index in [-0.39, 0.29) is 0 Å². The summed E-state index contributed by atoms with van der Waals surface area (Å²) in [6.45, 7) is 2.43. The Labute approximate surface area is 138 Å². The first kappa shape index (κ1) is 14.7. The zero-order chi connectivity index (χ0) is 15.5. The maximum atomic E-state index is 6.10. The zero-order valence-electron chi connectivity index (χ0n) is 11.9. The molecule has 0 saturated heterocycles. The van der Waals surface area contributed by atoms with Crippen molar-refractivity contribution in [3.8, 4) is 0 Å². The number of thiocarbonyl (C=S) groups is 1. The number of rotatable bonds is 3. The summed E-state index contributed by atoms with van der Waals surface area (Å²) in [5.41, 5.74) is 2.65. The monoisotopic (exact) mass is 331 g/mol. The lowest BCUT2D eigenvalue weighted by molar-refractivity contribution is 0.813. The van der Waals surface area contributed by atoms with Crippen molar-refractivity contribution in [2.45, 2.75) is 13.5 Å². The number of pyridine rings is 1. The maximum absolute atomic E-state index is 6.10. The van der Waals surface area contributed by atoms with E-state index in [9.17, 15) is 0 Å². The van der Waals surface area contributed by atoms with Gasteiger partial charge >= 0.3 is 0 Å². The van der Waals surface area contributed by atoms with E-state index in [4.69, 9.17) is 23.8 Å². The Morgan fingerprint density at radius 2 is 2.09 bits per heavy atom. The predicted octanol–water partition coefficient (Wildman–Crippen LogP) is 3.18. The highest BCUT2D eigenvalue weighted by Crippen LogP contribution is 2.22. The van der Waals surface area contributed by atoms with Crippen LogP contribution in [-0.4, -0.2) is 19.7 Å². The van der Waals surface area contributed by atoms with Gasteiger partial charge in [0.25, 0.3) is 0 Å². The second-order valence-corrected chi connectivity index (χ2v) is 5.58. The standard InChI is InChI=1S/C15H14ClN5S/c1-10-11(16)5-4-6-12(10)18-15(22)17-9-14-20-19-13-7-2-3-8-21(13)14/h2-8H,9H2,1H3,(H2,17,18,22). The van der Waals surface area contributed by atoms with Gasteiger partial charge in [-0.1, -0.05) is 23.7 Å². The van der Waals surface area contributed by atoms with Crippen molar-refractivity contribution < 1.29 is 0 Å². The molecule has 112 valence electrons. The minimum absolute atomic E-state index is 0.483. The lowest BCUT2D eigenvalue weighted by Gasteiger charge is -2.12. The maximum Gasteiger partial charge on any atom is 0.171 e. The molecule has 0 aliphatic carbocycles. The van der Waals surface area contributed by atoms with E-state index in [0.29, 0.717) is 16.7 Å². The van der Waals surface area contributed by atoms with Gasteiger partial charge in [-0.15, -0.1) is 10.2 Å². The van der Waals surface area contributed by atoms with Gasteiger partial charge in [-0.3, -0.25) is 4.40 Å². The number of anilines is 1. The second-order valence-electron chi connectivity index (χ2n) is 4.77. The first-order valence-corrected chi connectivity index (χ1v) is 7.52. The number of halogens is 1. The van der Waals surface area contributed by atoms with Crippen LogP contribution in [-0.2, 0) is 6.54 Å². The fraction of sp³-hybridized carbons (Fsp3) is 0.133. The van der Waals surface area contributed by atoms with E-state index in [1.165, 1.54) is 0 Å². The van der Waals surface area contributed by atoms with Crippen LogP contribution in [0, 0.1) is 6.92 Å². The number of fused-ring (bicyclic) bond motifs is 1. The average Bonchev–Trinajstić information content (AvgIpc) is 2.93. The van der Waals surface area contributed by atoms with Gasteiger partial charge in [0.2, 0.25) is 0 Å². The fourth-order valence-corrected chi connectivity index (χ4v) is 2.44. The normalized spacial score (nSPS) is 10.6. The Morgan fingerprint density at radius 3 is 2.95 bits per heavy atom. The van der Waals surface area contributed by atoms with E-state index in [0.717, 1.165) is 22.7 Å². The second kappa shape index (κ2) is 6.29. The Kier molecular flexibility index (Phi) is 4.22. The number of benzene rings is 1. The molecule has 2 aromatic heterocycles. The molecule has 2 N–H and O–H groups in total. The molecule has 0 radical (unpaired) electrons. The average molecular weight is 332 g/mol. The molecular weight excluding hydrogens is 318 g/mol. The highest BCUT2D eigenvalue weighted by atomic mass is 35.5. The van der Waals surface area contributed by atoms with Crippen molar-refractivity contribution in [2.24, 2.45) is 0 Å². The summed E-state index contributed by atoms with van der Waals surface area (Å²) in [6, 6.07) is 11.4. The van der Waals surface area contributed by atoms with Gasteiger partial charge in [-0.2, -0.15) is 0 Å². The number of hydrogen-bond acceptors (Lipinski definition) is 3. The molecule has 0 spiro atoms. The van der Waals surface area contributed by atoms with E-state index < -0.39 is 0 Å². The van der Waals surface area contributed by atoms with Crippen LogP contribution in [0.5, 0.6) is 0 Å². The third kappa shape index (κ3) is 3.03. The highest BCUT2D eigenvalue weighted by molar-refractivity contribution is 7.80. The minimum Gasteiger partial charge on any atom is -0.355 e. The Bertz CT molecular complexity index is 830. The van der Waals surface area contributed by atoms with Crippen molar-refractivity contribution in [1.29, 1.82) is 0 Å². The third-order valence-electron chi connectivity index (χ3n) is 3.31. The van der Waals surface area contributed by atoms with Gasteiger partial charge in [-0.05, 0) is 49.0 Å². The fourth-order valence-electron chi connectivity index (χ4n) is 2.08. The molecule has 0 bridgehead atoms. The van der Waals surface area contributed by atoms with E-state index in [1.807, 2.05) is 53.9 Å². The molecule has 0 unspecified atom stereocenters. The molecule has 5 nitrogen and oxygen atoms in total. The summed E-state index contributed by atoms with van der Waals surface area (Å²) in [5.74, 6) is 0.794. The SMILES string of the molecule is Cc1c(Cl)cccc1NC(=S)NCc1nnc2ccccn12. The van der Waals surface area contributed by atoms with E-state index in [1.54, 1.807) is 0 Å². The minimum atomic E-state index is 0.483. The van der Waals surface area contributed by atoms with Crippen molar-refractivity contribution in [1.82, 2.24) is 19.9 Å². The van der Waals surface area contributed by atoms with Crippen LogP contribution >= 0.6 is 23.8 Å². The molecule has 3 rings (SSSR count). The number of aromatic nitrogens is 3. The molecule has 0 amide bonds. The molecule has 22 heavy (non-hydrogen) atoms. The largest absolute Gasteiger partial charge is 0.355 e. The summed E-state index contributed by atoms with van der Waals surface area (Å²) in [7, 11) is 0. The molecule has 7 heteroatoms. The number of hydrogen-bond donors (Lipinski definition) is 2. The van der Waals surface area contributed by atoms with Gasteiger partial charge in [0.05, 0.1) is 6.54 Å². The summed E-state index contributed by atoms with van der Waals surface area (Å²) < 4.78 is 1.92. The predicted molar refractivity (Wildman–Crippen MR) is 92.2 cm³/mol. The molecule has 0 aliphatic heterocycles. The van der Waals surface area contributed by atoms with Crippen molar-refractivity contribution in [3.05, 3.63) is 59.0 Å². The summed E-state index contributed by atoms with van der Waals surface area (Å²) >= 11 is 11.4. The summed E-state index contributed by atoms with van der Waals surface area (Å²) in [4.78, 5) is 0. The highest BCUT2D eigenvalue weighted by Gasteiger charge is 2.07. The van der Waals surface area contributed by atoms with Crippen LogP contribution in [0.1, 0.15) is 11.4 Å². The Morgan fingerprint density at radius 1 is 1.23 bits per heavy atom. The van der Waals surface area contributed by atoms with Crippen LogP contribution < -0.4 is 10.6 Å². The number of nitrogens with one attached hydrogen (secondary N) is 2. The van der Waals surface area contributed by atoms with Crippen molar-refractivity contribution in [2.75, 3.05) is 5.32 Å². The smallest absolute Gasteiger partial charge is 0.171 e. The van der Waals surface area contributed by atoms with Gasteiger partial charge in [0, 0.05) is 16.9 Å². The van der Waals surface area contributed by atoms with Crippen LogP contribution in [0.4, 0.5) is 5.69 Å². The molecule has 1 aromatic carbocycles. The molecule has 0 saturated carbocycles. The zero-order valence-corrected chi connectivity index (χ0v) is 13.4. The van der Waals surface area contributed by atoms with Gasteiger partial charge in [0.15, 0.2) is 16.6 Å². The van der Waals surface area contributed by atoms with Gasteiger partial charge < -0.3 is 10.6 Å². The van der Waals surface area contributed by atoms with Gasteiger partial charge in [0.1, 0.15) is 0 Å². The first-order valence-electron chi connectivity index (χ1n) is 6.74. The van der Waals surface area contributed by atoms with Crippen LogP contribution in [0.3, 0.4) is 0 Å². The van der Waals surface area contributed by atoms with E-state index >= 15 is 0 Å². The van der Waals surface area contributed by atoms with Crippen LogP contribution in [0.15, 0.2) is 42.6 Å². The van der Waals surface area contributed by atoms with Gasteiger partial charge in [-0.25, -0.2) is 0 Å². The molecule has 2 heterocycles. The molecule has 3 aromatic rings. The van der Waals surface area contributed by atoms with Crippen molar-refractivity contribution >= 4 is 40.3 Å². The quantitative estimate of drug-likeness (QED) is 0.722. The Hall–Kier alpha value is -2.18. The van der Waals surface area contributed by atoms with Crippen LogP contribution in [0.2, 0.25) is 5.02 Å². The topological polar surface area (TPSA) is 54.2 Å². The summed E-state index contributed by atoms with van der Waals surface area (Å²) in [6.07, 6.45) is 1.92.